The van der Waals surface area contributed by atoms with Crippen LogP contribution in [0.25, 0.3) is 23.1 Å². The van der Waals surface area contributed by atoms with E-state index in [0.717, 1.165) is 31.8 Å². The Hall–Kier alpha value is -3.05. The summed E-state index contributed by atoms with van der Waals surface area (Å²) >= 11 is 1.56. The van der Waals surface area contributed by atoms with Crippen molar-refractivity contribution < 1.29 is 4.79 Å². The first-order valence-electron chi connectivity index (χ1n) is 7.43. The Balaban J connectivity index is 0.00000109. The summed E-state index contributed by atoms with van der Waals surface area (Å²) in [5.74, 6) is 0. The third kappa shape index (κ3) is 3.56. The number of hydrogen-bond acceptors (Lipinski definition) is 5. The van der Waals surface area contributed by atoms with Crippen LogP contribution in [0, 0.1) is 0 Å². The van der Waals surface area contributed by atoms with Crippen molar-refractivity contribution in [2.24, 2.45) is 0 Å². The maximum absolute atomic E-state index is 8.00. The number of carbonyl (C=O) groups is 1. The molecule has 0 radical (unpaired) electrons. The maximum atomic E-state index is 8.00. The number of para-hydroxylation sites is 1. The highest BCUT2D eigenvalue weighted by molar-refractivity contribution is 7.99. The van der Waals surface area contributed by atoms with Gasteiger partial charge >= 0.3 is 0 Å². The second-order valence-corrected chi connectivity index (χ2v) is 6.13. The minimum absolute atomic E-state index is 0.639. The summed E-state index contributed by atoms with van der Waals surface area (Å²) in [4.78, 5) is 14.4. The molecule has 0 unspecified atom stereocenters. The van der Waals surface area contributed by atoms with Gasteiger partial charge in [0, 0.05) is 38.2 Å². The van der Waals surface area contributed by atoms with Crippen molar-refractivity contribution in [3.8, 4) is 0 Å². The van der Waals surface area contributed by atoms with Gasteiger partial charge < -0.3 is 16.3 Å². The molecule has 0 bridgehead atoms. The normalized spacial score (nSPS) is 9.92. The number of aromatic nitrogens is 1. The molecular weight excluding hydrogens is 330 g/mol. The van der Waals surface area contributed by atoms with Gasteiger partial charge in [-0.05, 0) is 18.2 Å². The van der Waals surface area contributed by atoms with Crippen molar-refractivity contribution in [3.05, 3.63) is 66.9 Å². The van der Waals surface area contributed by atoms with Crippen LogP contribution in [0.5, 0.6) is 0 Å². The summed E-state index contributed by atoms with van der Waals surface area (Å²) in [6, 6.07) is 11.9. The third-order valence-corrected chi connectivity index (χ3v) is 4.77. The lowest BCUT2D eigenvalue weighted by atomic mass is 10.0. The van der Waals surface area contributed by atoms with Crippen molar-refractivity contribution in [3.63, 3.8) is 0 Å². The summed E-state index contributed by atoms with van der Waals surface area (Å²) in [6.45, 7) is 9.63. The lowest BCUT2D eigenvalue weighted by Gasteiger charge is -2.14. The average Bonchev–Trinajstić information content (AvgIpc) is 2.66. The van der Waals surface area contributed by atoms with Gasteiger partial charge in [-0.25, -0.2) is 0 Å². The zero-order valence-corrected chi connectivity index (χ0v) is 14.6. The van der Waals surface area contributed by atoms with E-state index in [1.165, 1.54) is 0 Å². The Morgan fingerprint density at radius 2 is 1.64 bits per heavy atom. The molecule has 3 aromatic rings. The molecule has 126 valence electrons. The van der Waals surface area contributed by atoms with Gasteiger partial charge in [0.1, 0.15) is 6.79 Å². The lowest BCUT2D eigenvalue weighted by Crippen LogP contribution is -2.00. The second-order valence-electron chi connectivity index (χ2n) is 5.05. The average molecular weight is 349 g/mol. The first kappa shape index (κ1) is 18.3. The van der Waals surface area contributed by atoms with E-state index in [1.54, 1.807) is 30.1 Å². The van der Waals surface area contributed by atoms with Gasteiger partial charge in [-0.3, -0.25) is 4.98 Å². The molecule has 0 fully saturated rings. The second kappa shape index (κ2) is 8.17. The van der Waals surface area contributed by atoms with Crippen LogP contribution in [-0.4, -0.2) is 11.8 Å². The molecule has 0 saturated carbocycles. The van der Waals surface area contributed by atoms with E-state index in [9.17, 15) is 0 Å². The number of pyridine rings is 1. The molecule has 0 aliphatic heterocycles. The molecule has 0 saturated heterocycles. The van der Waals surface area contributed by atoms with E-state index in [0.29, 0.717) is 11.4 Å². The standard InChI is InChI=1S/C19H17N3S.CH2O/c1-3-13-14(4-2)18(21)17(11-15(13)20)23-16-9-5-7-12-8-6-10-22-19(12)16;1-2/h3-11H,1-2,20-21H2;1H2. The number of benzene rings is 2. The largest absolute Gasteiger partial charge is 0.398 e. The van der Waals surface area contributed by atoms with Gasteiger partial charge in [0.25, 0.3) is 0 Å². The molecule has 0 atom stereocenters. The SMILES string of the molecule is C=Cc1c(N)cc(Sc2cccc3cccnc23)c(N)c1C=C.C=O. The van der Waals surface area contributed by atoms with Gasteiger partial charge in [-0.1, -0.05) is 55.3 Å². The number of anilines is 2. The minimum Gasteiger partial charge on any atom is -0.398 e. The Labute approximate surface area is 151 Å². The quantitative estimate of drug-likeness (QED) is 0.670. The molecule has 0 aliphatic carbocycles. The number of rotatable bonds is 4. The summed E-state index contributed by atoms with van der Waals surface area (Å²) in [5.41, 5.74) is 16.3. The van der Waals surface area contributed by atoms with E-state index in [-0.39, 0.29) is 0 Å². The molecule has 0 aliphatic rings. The predicted octanol–water partition coefficient (Wildman–Crippen LogP) is 4.65. The van der Waals surface area contributed by atoms with Crippen molar-refractivity contribution in [2.45, 2.75) is 9.79 Å². The molecule has 1 aromatic heterocycles. The van der Waals surface area contributed by atoms with Gasteiger partial charge in [0.05, 0.1) is 11.2 Å². The summed E-state index contributed by atoms with van der Waals surface area (Å²) in [5, 5.41) is 1.09. The highest BCUT2D eigenvalue weighted by Crippen LogP contribution is 2.40. The summed E-state index contributed by atoms with van der Waals surface area (Å²) in [7, 11) is 0. The molecule has 2 aromatic carbocycles. The summed E-state index contributed by atoms with van der Waals surface area (Å²) < 4.78 is 0. The molecule has 3 rings (SSSR count). The number of carbonyl (C=O) groups excluding carboxylic acids is 1. The van der Waals surface area contributed by atoms with E-state index < -0.39 is 0 Å². The minimum atomic E-state index is 0.639. The molecule has 4 nitrogen and oxygen atoms in total. The monoisotopic (exact) mass is 349 g/mol. The van der Waals surface area contributed by atoms with Crippen LogP contribution >= 0.6 is 11.8 Å². The van der Waals surface area contributed by atoms with Crippen LogP contribution in [0.2, 0.25) is 0 Å². The van der Waals surface area contributed by atoms with Crippen molar-refractivity contribution in [1.82, 2.24) is 4.98 Å². The van der Waals surface area contributed by atoms with E-state index in [1.807, 2.05) is 43.2 Å². The first-order valence-corrected chi connectivity index (χ1v) is 8.24. The van der Waals surface area contributed by atoms with Crippen LogP contribution in [0.15, 0.2) is 65.5 Å². The molecule has 5 heteroatoms. The van der Waals surface area contributed by atoms with Gasteiger partial charge in [-0.15, -0.1) is 0 Å². The van der Waals surface area contributed by atoms with Crippen LogP contribution in [0.4, 0.5) is 11.4 Å². The topological polar surface area (TPSA) is 82.0 Å². The third-order valence-electron chi connectivity index (χ3n) is 3.67. The molecule has 0 spiro atoms. The Morgan fingerprint density at radius 1 is 0.960 bits per heavy atom. The number of fused-ring (bicyclic) bond motifs is 1. The zero-order valence-electron chi connectivity index (χ0n) is 13.7. The van der Waals surface area contributed by atoms with E-state index in [4.69, 9.17) is 16.3 Å². The first-order chi connectivity index (χ1) is 12.2. The molecule has 4 N–H and O–H groups in total. The maximum Gasteiger partial charge on any atom is 0.106 e. The van der Waals surface area contributed by atoms with E-state index in [2.05, 4.69) is 18.1 Å². The van der Waals surface area contributed by atoms with Gasteiger partial charge in [-0.2, -0.15) is 0 Å². The number of nitrogens with two attached hydrogens (primary N) is 2. The highest BCUT2D eigenvalue weighted by Gasteiger charge is 2.13. The van der Waals surface area contributed by atoms with Crippen molar-refractivity contribution >= 4 is 53.0 Å². The van der Waals surface area contributed by atoms with Gasteiger partial charge in [0.2, 0.25) is 0 Å². The van der Waals surface area contributed by atoms with Crippen LogP contribution < -0.4 is 11.5 Å². The fourth-order valence-electron chi connectivity index (χ4n) is 2.54. The number of hydrogen-bond donors (Lipinski definition) is 2. The number of nitrogens with zero attached hydrogens (tertiary/aromatic N) is 1. The van der Waals surface area contributed by atoms with Crippen LogP contribution in [0.1, 0.15) is 11.1 Å². The zero-order chi connectivity index (χ0) is 18.4. The number of nitrogen functional groups attached to an aromatic ring is 2. The lowest BCUT2D eigenvalue weighted by molar-refractivity contribution is -0.0979. The molecule has 1 heterocycles. The Morgan fingerprint density at radius 3 is 2.32 bits per heavy atom. The highest BCUT2D eigenvalue weighted by atomic mass is 32.2. The molecular formula is C20H19N3OS. The van der Waals surface area contributed by atoms with Crippen molar-refractivity contribution in [2.75, 3.05) is 11.5 Å². The summed E-state index contributed by atoms with van der Waals surface area (Å²) in [6.07, 6.45) is 5.21. The van der Waals surface area contributed by atoms with Crippen molar-refractivity contribution in [1.29, 1.82) is 0 Å². The smallest absolute Gasteiger partial charge is 0.106 e. The Kier molecular flexibility index (Phi) is 5.98. The molecule has 25 heavy (non-hydrogen) atoms. The fourth-order valence-corrected chi connectivity index (χ4v) is 3.60. The van der Waals surface area contributed by atoms with Crippen LogP contribution in [0.3, 0.4) is 0 Å². The van der Waals surface area contributed by atoms with Crippen LogP contribution in [-0.2, 0) is 4.79 Å². The Bertz CT molecular complexity index is 932. The fraction of sp³-hybridized carbons (Fsp3) is 0. The molecule has 0 amide bonds. The predicted molar refractivity (Wildman–Crippen MR) is 108 cm³/mol. The van der Waals surface area contributed by atoms with Gasteiger partial charge in [0.15, 0.2) is 0 Å². The van der Waals surface area contributed by atoms with E-state index >= 15 is 0 Å².